The van der Waals surface area contributed by atoms with Crippen molar-refractivity contribution in [2.45, 2.75) is 33.6 Å². The number of hydrogen-bond acceptors (Lipinski definition) is 2. The SMILES string of the molecule is CC.CC(C)c1[c-]nccn1.[Re]. The van der Waals surface area contributed by atoms with E-state index in [1.165, 1.54) is 0 Å². The summed E-state index contributed by atoms with van der Waals surface area (Å²) in [6.07, 6.45) is 6.12. The van der Waals surface area contributed by atoms with Crippen LogP contribution in [0.5, 0.6) is 0 Å². The van der Waals surface area contributed by atoms with Gasteiger partial charge < -0.3 is 4.98 Å². The van der Waals surface area contributed by atoms with E-state index >= 15 is 0 Å². The van der Waals surface area contributed by atoms with E-state index < -0.39 is 0 Å². The normalized spacial score (nSPS) is 8.08. The van der Waals surface area contributed by atoms with E-state index in [-0.39, 0.29) is 20.4 Å². The molecule has 0 aromatic carbocycles. The molecule has 1 radical (unpaired) electrons. The van der Waals surface area contributed by atoms with E-state index in [1.807, 2.05) is 13.8 Å². The van der Waals surface area contributed by atoms with Crippen LogP contribution >= 0.6 is 0 Å². The summed E-state index contributed by atoms with van der Waals surface area (Å²) in [4.78, 5) is 7.88. The third-order valence-electron chi connectivity index (χ3n) is 1.08. The van der Waals surface area contributed by atoms with Gasteiger partial charge in [0.05, 0.1) is 0 Å². The molecule has 2 nitrogen and oxygen atoms in total. The van der Waals surface area contributed by atoms with Crippen molar-refractivity contribution in [3.63, 3.8) is 0 Å². The van der Waals surface area contributed by atoms with Crippen LogP contribution < -0.4 is 0 Å². The maximum atomic E-state index is 4.06. The molecule has 0 N–H and O–H groups in total. The Morgan fingerprint density at radius 3 is 2.08 bits per heavy atom. The van der Waals surface area contributed by atoms with Gasteiger partial charge in [0.25, 0.3) is 0 Å². The molecule has 12 heavy (non-hydrogen) atoms. The Morgan fingerprint density at radius 2 is 1.83 bits per heavy atom. The molecular weight excluding hydrogens is 322 g/mol. The average Bonchev–Trinajstić information content (AvgIpc) is 2.10. The summed E-state index contributed by atoms with van der Waals surface area (Å²) in [6, 6.07) is 0. The van der Waals surface area contributed by atoms with E-state index in [0.717, 1.165) is 5.69 Å². The van der Waals surface area contributed by atoms with Crippen LogP contribution in [0.1, 0.15) is 39.3 Å². The van der Waals surface area contributed by atoms with Gasteiger partial charge in [-0.25, -0.2) is 0 Å². The molecule has 0 spiro atoms. The van der Waals surface area contributed by atoms with E-state index in [9.17, 15) is 0 Å². The molecular formula is C9H15N2Re-. The Kier molecular flexibility index (Phi) is 10.5. The minimum absolute atomic E-state index is 0. The zero-order chi connectivity index (χ0) is 8.69. The summed E-state index contributed by atoms with van der Waals surface area (Å²) in [6.45, 7) is 8.14. The second-order valence-electron chi connectivity index (χ2n) is 2.21. The second kappa shape index (κ2) is 8.84. The Hall–Kier alpha value is -0.258. The van der Waals surface area contributed by atoms with Gasteiger partial charge in [0.15, 0.2) is 0 Å². The molecule has 69 valence electrons. The van der Waals surface area contributed by atoms with Crippen molar-refractivity contribution in [2.75, 3.05) is 0 Å². The van der Waals surface area contributed by atoms with E-state index in [0.29, 0.717) is 5.92 Å². The molecule has 0 aliphatic rings. The first-order valence-corrected chi connectivity index (χ1v) is 3.99. The minimum atomic E-state index is 0. The van der Waals surface area contributed by atoms with Gasteiger partial charge in [0.2, 0.25) is 0 Å². The largest absolute Gasteiger partial charge is 0.456 e. The van der Waals surface area contributed by atoms with Crippen LogP contribution in [0.2, 0.25) is 0 Å². The van der Waals surface area contributed by atoms with Gasteiger partial charge in [-0.15, -0.1) is 12.4 Å². The molecule has 0 bridgehead atoms. The van der Waals surface area contributed by atoms with Gasteiger partial charge in [-0.1, -0.05) is 27.7 Å². The fourth-order valence-corrected chi connectivity index (χ4v) is 0.557. The number of nitrogens with zero attached hydrogens (tertiary/aromatic N) is 2. The Bertz CT molecular complexity index is 175. The first-order valence-electron chi connectivity index (χ1n) is 3.99. The maximum Gasteiger partial charge on any atom is 0 e. The Labute approximate surface area is 88.5 Å². The van der Waals surface area contributed by atoms with Crippen LogP contribution in [-0.2, 0) is 20.4 Å². The summed E-state index contributed by atoms with van der Waals surface area (Å²) in [5.41, 5.74) is 0.928. The molecule has 1 aromatic heterocycles. The number of rotatable bonds is 1. The van der Waals surface area contributed by atoms with E-state index in [1.54, 1.807) is 12.4 Å². The monoisotopic (exact) mass is 338 g/mol. The molecule has 0 saturated heterocycles. The number of aromatic nitrogens is 2. The van der Waals surface area contributed by atoms with Crippen LogP contribution in [-0.4, -0.2) is 9.97 Å². The van der Waals surface area contributed by atoms with Crippen molar-refractivity contribution in [2.24, 2.45) is 0 Å². The molecule has 1 rings (SSSR count). The van der Waals surface area contributed by atoms with Gasteiger partial charge >= 0.3 is 0 Å². The Morgan fingerprint density at radius 1 is 1.25 bits per heavy atom. The molecule has 1 heterocycles. The van der Waals surface area contributed by atoms with Gasteiger partial charge in [0, 0.05) is 20.4 Å². The molecule has 0 fully saturated rings. The third-order valence-corrected chi connectivity index (χ3v) is 1.08. The molecule has 0 atom stereocenters. The topological polar surface area (TPSA) is 25.8 Å². The second-order valence-corrected chi connectivity index (χ2v) is 2.21. The van der Waals surface area contributed by atoms with Crippen molar-refractivity contribution in [1.82, 2.24) is 9.97 Å². The van der Waals surface area contributed by atoms with Gasteiger partial charge in [-0.05, 0) is 17.8 Å². The van der Waals surface area contributed by atoms with Crippen molar-refractivity contribution in [1.29, 1.82) is 0 Å². The zero-order valence-electron chi connectivity index (χ0n) is 8.00. The molecule has 0 aliphatic carbocycles. The maximum absolute atomic E-state index is 4.06. The van der Waals surface area contributed by atoms with Crippen molar-refractivity contribution >= 4 is 0 Å². The van der Waals surface area contributed by atoms with Crippen molar-refractivity contribution in [3.8, 4) is 0 Å². The van der Waals surface area contributed by atoms with Crippen LogP contribution in [0.25, 0.3) is 0 Å². The predicted octanol–water partition coefficient (Wildman–Crippen LogP) is 2.42. The summed E-state index contributed by atoms with van der Waals surface area (Å²) < 4.78 is 0. The zero-order valence-corrected chi connectivity index (χ0v) is 10.7. The quantitative estimate of drug-likeness (QED) is 0.736. The smallest absolute Gasteiger partial charge is 0 e. The van der Waals surface area contributed by atoms with Gasteiger partial charge in [-0.3, -0.25) is 4.98 Å². The van der Waals surface area contributed by atoms with Gasteiger partial charge in [-0.2, -0.15) is 0 Å². The Balaban J connectivity index is 0. The predicted molar refractivity (Wildman–Crippen MR) is 46.3 cm³/mol. The third kappa shape index (κ3) is 5.40. The van der Waals surface area contributed by atoms with E-state index in [2.05, 4.69) is 30.0 Å². The van der Waals surface area contributed by atoms with Crippen LogP contribution in [0.4, 0.5) is 0 Å². The molecule has 1 aromatic rings. The van der Waals surface area contributed by atoms with Crippen LogP contribution in [0.15, 0.2) is 12.4 Å². The summed E-state index contributed by atoms with van der Waals surface area (Å²) in [5.74, 6) is 0.429. The van der Waals surface area contributed by atoms with Gasteiger partial charge in [0.1, 0.15) is 0 Å². The fraction of sp³-hybridized carbons (Fsp3) is 0.556. The first kappa shape index (κ1) is 14.3. The summed E-state index contributed by atoms with van der Waals surface area (Å²) in [5, 5.41) is 0. The summed E-state index contributed by atoms with van der Waals surface area (Å²) >= 11 is 0. The fourth-order valence-electron chi connectivity index (χ4n) is 0.557. The summed E-state index contributed by atoms with van der Waals surface area (Å²) in [7, 11) is 0. The van der Waals surface area contributed by atoms with E-state index in [4.69, 9.17) is 0 Å². The van der Waals surface area contributed by atoms with Crippen molar-refractivity contribution in [3.05, 3.63) is 24.3 Å². The molecule has 0 saturated carbocycles. The van der Waals surface area contributed by atoms with Crippen molar-refractivity contribution < 1.29 is 20.4 Å². The standard InChI is InChI=1S/C7H9N2.C2H6.Re/c1-6(2)7-5-8-3-4-9-7;1-2;/h3-4,6H,1-2H3;1-2H3;/q-1;;. The average molecular weight is 337 g/mol. The molecule has 3 heteroatoms. The molecule has 0 unspecified atom stereocenters. The molecule has 0 amide bonds. The minimum Gasteiger partial charge on any atom is -0.456 e. The van der Waals surface area contributed by atoms with Crippen LogP contribution in [0.3, 0.4) is 0 Å². The first-order chi connectivity index (χ1) is 5.30. The number of hydrogen-bond donors (Lipinski definition) is 0. The van der Waals surface area contributed by atoms with Crippen LogP contribution in [0, 0.1) is 6.20 Å². The molecule has 0 aliphatic heterocycles.